The summed E-state index contributed by atoms with van der Waals surface area (Å²) in [6.45, 7) is 3.40. The summed E-state index contributed by atoms with van der Waals surface area (Å²) < 4.78 is 60.6. The van der Waals surface area contributed by atoms with Crippen LogP contribution in [0.4, 0.5) is 22.0 Å². The molecule has 0 saturated heterocycles. The minimum atomic E-state index is -5.44. The number of rotatable bonds is 6. The van der Waals surface area contributed by atoms with Crippen LogP contribution in [0.25, 0.3) is 0 Å². The molecule has 1 atom stereocenters. The molecule has 0 nitrogen and oxygen atoms in total. The van der Waals surface area contributed by atoms with Gasteiger partial charge in [-0.1, -0.05) is 55.7 Å². The minimum Gasteiger partial charge on any atom is -0.196 e. The van der Waals surface area contributed by atoms with E-state index in [0.717, 1.165) is 12.8 Å². The van der Waals surface area contributed by atoms with Crippen LogP contribution >= 0.6 is 22.6 Å². The highest BCUT2D eigenvalue weighted by Gasteiger charge is 2.59. The highest BCUT2D eigenvalue weighted by molar-refractivity contribution is 14.1. The molecule has 0 fully saturated rings. The predicted molar refractivity (Wildman–Crippen MR) is 62.2 cm³/mol. The molecule has 1 unspecified atom stereocenters. The van der Waals surface area contributed by atoms with Crippen molar-refractivity contribution < 1.29 is 22.0 Å². The molecule has 0 aromatic carbocycles. The standard InChI is InChI=1S/C10H16F5I/c1-3-4-5-6-8(2,16)7-9(11,12)10(13,14)15/h3-7H2,1-2H3. The maximum absolute atomic E-state index is 12.8. The Kier molecular flexibility index (Phi) is 5.96. The summed E-state index contributed by atoms with van der Waals surface area (Å²) in [5.74, 6) is -4.59. The van der Waals surface area contributed by atoms with Gasteiger partial charge in [0.05, 0.1) is 0 Å². The molecule has 0 amide bonds. The molecule has 0 aliphatic rings. The van der Waals surface area contributed by atoms with Crippen LogP contribution in [0, 0.1) is 0 Å². The lowest BCUT2D eigenvalue weighted by molar-refractivity contribution is -0.285. The molecule has 0 aliphatic heterocycles. The third kappa shape index (κ3) is 5.63. The Bertz CT molecular complexity index is 210. The fraction of sp³-hybridized carbons (Fsp3) is 1.00. The second-order valence-electron chi connectivity index (χ2n) is 4.25. The van der Waals surface area contributed by atoms with Crippen molar-refractivity contribution in [3.05, 3.63) is 0 Å². The van der Waals surface area contributed by atoms with Crippen molar-refractivity contribution in [2.24, 2.45) is 0 Å². The van der Waals surface area contributed by atoms with E-state index in [2.05, 4.69) is 0 Å². The van der Waals surface area contributed by atoms with Gasteiger partial charge in [-0.3, -0.25) is 0 Å². The first kappa shape index (κ1) is 16.4. The monoisotopic (exact) mass is 358 g/mol. The zero-order valence-corrected chi connectivity index (χ0v) is 11.5. The lowest BCUT2D eigenvalue weighted by Crippen LogP contribution is -2.41. The topological polar surface area (TPSA) is 0 Å². The van der Waals surface area contributed by atoms with Crippen molar-refractivity contribution in [2.45, 2.75) is 61.5 Å². The Morgan fingerprint density at radius 2 is 1.50 bits per heavy atom. The van der Waals surface area contributed by atoms with Crippen LogP contribution in [-0.2, 0) is 0 Å². The molecule has 0 aromatic rings. The zero-order valence-electron chi connectivity index (χ0n) is 9.30. The smallest absolute Gasteiger partial charge is 0.196 e. The fourth-order valence-electron chi connectivity index (χ4n) is 1.40. The van der Waals surface area contributed by atoms with E-state index in [1.807, 2.05) is 6.92 Å². The highest BCUT2D eigenvalue weighted by atomic mass is 127. The number of hydrogen-bond acceptors (Lipinski definition) is 0. The van der Waals surface area contributed by atoms with E-state index in [1.54, 1.807) is 22.6 Å². The average Bonchev–Trinajstić information content (AvgIpc) is 1.99. The van der Waals surface area contributed by atoms with Gasteiger partial charge in [0.25, 0.3) is 0 Å². The second kappa shape index (κ2) is 5.82. The molecular formula is C10H16F5I. The maximum atomic E-state index is 12.8. The van der Waals surface area contributed by atoms with E-state index in [-0.39, 0.29) is 0 Å². The molecule has 0 N–H and O–H groups in total. The first-order chi connectivity index (χ1) is 7.02. The van der Waals surface area contributed by atoms with Gasteiger partial charge in [-0.25, -0.2) is 0 Å². The number of alkyl halides is 6. The number of halogens is 6. The Hall–Kier alpha value is 0.380. The first-order valence-corrected chi connectivity index (χ1v) is 6.23. The summed E-state index contributed by atoms with van der Waals surface area (Å²) in [5.41, 5.74) is 0. The predicted octanol–water partition coefficient (Wildman–Crippen LogP) is 5.35. The molecule has 0 heterocycles. The molecule has 98 valence electrons. The summed E-state index contributed by atoms with van der Waals surface area (Å²) in [6.07, 6.45) is -3.74. The Balaban J connectivity index is 4.34. The summed E-state index contributed by atoms with van der Waals surface area (Å²) in [5, 5.41) is 0. The second-order valence-corrected chi connectivity index (χ2v) is 6.85. The van der Waals surface area contributed by atoms with Gasteiger partial charge in [0.2, 0.25) is 0 Å². The first-order valence-electron chi connectivity index (χ1n) is 5.15. The number of unbranched alkanes of at least 4 members (excludes halogenated alkanes) is 2. The number of hydrogen-bond donors (Lipinski definition) is 0. The van der Waals surface area contributed by atoms with E-state index in [9.17, 15) is 22.0 Å². The zero-order chi connectivity index (χ0) is 13.0. The average molecular weight is 358 g/mol. The van der Waals surface area contributed by atoms with Crippen molar-refractivity contribution >= 4 is 22.6 Å². The van der Waals surface area contributed by atoms with Crippen LogP contribution in [0.3, 0.4) is 0 Å². The van der Waals surface area contributed by atoms with Gasteiger partial charge in [-0.2, -0.15) is 22.0 Å². The van der Waals surface area contributed by atoms with E-state index in [0.29, 0.717) is 12.8 Å². The van der Waals surface area contributed by atoms with Crippen molar-refractivity contribution in [3.8, 4) is 0 Å². The lowest BCUT2D eigenvalue weighted by Gasteiger charge is -2.29. The minimum absolute atomic E-state index is 0.382. The fourth-order valence-corrected chi connectivity index (χ4v) is 2.26. The van der Waals surface area contributed by atoms with Gasteiger partial charge in [0.15, 0.2) is 0 Å². The van der Waals surface area contributed by atoms with Crippen LogP contribution < -0.4 is 0 Å². The lowest BCUT2D eigenvalue weighted by atomic mass is 9.96. The Morgan fingerprint density at radius 3 is 1.88 bits per heavy atom. The molecule has 0 bridgehead atoms. The summed E-state index contributed by atoms with van der Waals surface area (Å²) in [4.78, 5) is 0. The van der Waals surface area contributed by atoms with E-state index in [4.69, 9.17) is 0 Å². The van der Waals surface area contributed by atoms with Gasteiger partial charge in [0, 0.05) is 9.84 Å². The van der Waals surface area contributed by atoms with Crippen LogP contribution in [-0.4, -0.2) is 15.5 Å². The Labute approximate surface area is 106 Å². The quantitative estimate of drug-likeness (QED) is 0.260. The summed E-state index contributed by atoms with van der Waals surface area (Å²) in [7, 11) is 0. The van der Waals surface area contributed by atoms with Crippen molar-refractivity contribution in [1.29, 1.82) is 0 Å². The van der Waals surface area contributed by atoms with E-state index in [1.165, 1.54) is 6.92 Å². The van der Waals surface area contributed by atoms with Crippen molar-refractivity contribution in [2.75, 3.05) is 0 Å². The maximum Gasteiger partial charge on any atom is 0.453 e. The largest absolute Gasteiger partial charge is 0.453 e. The van der Waals surface area contributed by atoms with E-state index >= 15 is 0 Å². The van der Waals surface area contributed by atoms with Gasteiger partial charge in [-0.05, 0) is 6.42 Å². The molecule has 0 rings (SSSR count). The molecule has 0 saturated carbocycles. The molecule has 0 aliphatic carbocycles. The van der Waals surface area contributed by atoms with Gasteiger partial charge >= 0.3 is 12.1 Å². The van der Waals surface area contributed by atoms with Gasteiger partial charge < -0.3 is 0 Å². The van der Waals surface area contributed by atoms with Crippen LogP contribution in [0.5, 0.6) is 0 Å². The SMILES string of the molecule is CCCCCC(C)(I)CC(F)(F)C(F)(F)F. The van der Waals surface area contributed by atoms with Crippen molar-refractivity contribution in [1.82, 2.24) is 0 Å². The molecule has 0 radical (unpaired) electrons. The highest BCUT2D eigenvalue weighted by Crippen LogP contribution is 2.45. The van der Waals surface area contributed by atoms with Crippen LogP contribution in [0.1, 0.15) is 46.0 Å². The Morgan fingerprint density at radius 1 is 1.00 bits per heavy atom. The molecule has 16 heavy (non-hydrogen) atoms. The van der Waals surface area contributed by atoms with E-state index < -0.39 is 21.9 Å². The van der Waals surface area contributed by atoms with Gasteiger partial charge in [0.1, 0.15) is 0 Å². The molecular weight excluding hydrogens is 342 g/mol. The molecule has 6 heteroatoms. The third-order valence-corrected chi connectivity index (χ3v) is 3.23. The van der Waals surface area contributed by atoms with Crippen LogP contribution in [0.2, 0.25) is 0 Å². The summed E-state index contributed by atoms with van der Waals surface area (Å²) >= 11 is 1.70. The van der Waals surface area contributed by atoms with Crippen LogP contribution in [0.15, 0.2) is 0 Å². The van der Waals surface area contributed by atoms with Gasteiger partial charge in [-0.15, -0.1) is 0 Å². The summed E-state index contributed by atoms with van der Waals surface area (Å²) in [6, 6.07) is 0. The molecule has 0 spiro atoms. The van der Waals surface area contributed by atoms with Crippen molar-refractivity contribution in [3.63, 3.8) is 0 Å². The third-order valence-electron chi connectivity index (χ3n) is 2.31. The normalized spacial score (nSPS) is 17.2. The molecule has 0 aromatic heterocycles.